The normalized spacial score (nSPS) is 12.1. The molecule has 1 heterocycles. The van der Waals surface area contributed by atoms with Crippen LogP contribution in [0.4, 0.5) is 0 Å². The lowest BCUT2D eigenvalue weighted by atomic mass is 10.2. The molecule has 1 amide bonds. The maximum Gasteiger partial charge on any atom is 0.230 e. The van der Waals surface area contributed by atoms with Gasteiger partial charge in [0.25, 0.3) is 0 Å². The molecule has 1 rings (SSSR count). The molecule has 1 aromatic rings. The summed E-state index contributed by atoms with van der Waals surface area (Å²) in [7, 11) is 0. The van der Waals surface area contributed by atoms with E-state index in [1.54, 1.807) is 12.4 Å². The average Bonchev–Trinajstić information content (AvgIpc) is 2.34. The highest BCUT2D eigenvalue weighted by Crippen LogP contribution is 2.15. The molecule has 0 spiro atoms. The first kappa shape index (κ1) is 13.0. The van der Waals surface area contributed by atoms with E-state index in [1.807, 2.05) is 19.1 Å². The van der Waals surface area contributed by atoms with E-state index in [9.17, 15) is 4.79 Å². The summed E-state index contributed by atoms with van der Waals surface area (Å²) in [6.45, 7) is 1.92. The summed E-state index contributed by atoms with van der Waals surface area (Å²) in [4.78, 5) is 16.4. The summed E-state index contributed by atoms with van der Waals surface area (Å²) >= 11 is 1.46. The molecule has 0 aliphatic carbocycles. The molecule has 0 aliphatic rings. The van der Waals surface area contributed by atoms with Crippen LogP contribution in [0.5, 0.6) is 0 Å². The molecule has 0 radical (unpaired) electrons. The lowest BCUT2D eigenvalue weighted by molar-refractivity contribution is -0.119. The third kappa shape index (κ3) is 4.63. The zero-order valence-electron chi connectivity index (χ0n) is 9.22. The minimum atomic E-state index is -0.134. The molecular weight excluding hydrogens is 224 g/mol. The highest BCUT2D eigenvalue weighted by molar-refractivity contribution is 8.00. The van der Waals surface area contributed by atoms with Gasteiger partial charge in [-0.1, -0.05) is 6.92 Å². The van der Waals surface area contributed by atoms with Crippen LogP contribution in [-0.2, 0) is 4.79 Å². The third-order valence-electron chi connectivity index (χ3n) is 2.10. The van der Waals surface area contributed by atoms with Crippen LogP contribution in [0.1, 0.15) is 13.3 Å². The average molecular weight is 240 g/mol. The Bertz CT molecular complexity index is 315. The van der Waals surface area contributed by atoms with Gasteiger partial charge in [0.05, 0.1) is 18.4 Å². The Morgan fingerprint density at radius 3 is 2.81 bits per heavy atom. The van der Waals surface area contributed by atoms with Crippen molar-refractivity contribution in [3.63, 3.8) is 0 Å². The number of nitrogens with one attached hydrogen (secondary N) is 1. The zero-order chi connectivity index (χ0) is 11.8. The SMILES string of the molecule is CC[C@H](CO)NC(=O)CSc1ccncc1. The fraction of sp³-hybridized carbons (Fsp3) is 0.455. The number of aliphatic hydroxyl groups excluding tert-OH is 1. The molecule has 1 aromatic heterocycles. The highest BCUT2D eigenvalue weighted by Gasteiger charge is 2.08. The summed E-state index contributed by atoms with van der Waals surface area (Å²) < 4.78 is 0. The van der Waals surface area contributed by atoms with Crippen molar-refractivity contribution in [3.05, 3.63) is 24.5 Å². The molecule has 0 saturated heterocycles. The first-order valence-electron chi connectivity index (χ1n) is 5.19. The summed E-state index contributed by atoms with van der Waals surface area (Å²) in [5, 5.41) is 11.7. The number of aromatic nitrogens is 1. The monoisotopic (exact) mass is 240 g/mol. The molecule has 16 heavy (non-hydrogen) atoms. The van der Waals surface area contributed by atoms with Gasteiger partial charge in [-0.25, -0.2) is 0 Å². The van der Waals surface area contributed by atoms with E-state index >= 15 is 0 Å². The first-order valence-corrected chi connectivity index (χ1v) is 6.17. The Morgan fingerprint density at radius 1 is 1.56 bits per heavy atom. The summed E-state index contributed by atoms with van der Waals surface area (Å²) in [6, 6.07) is 3.59. The van der Waals surface area contributed by atoms with Gasteiger partial charge in [0.2, 0.25) is 5.91 Å². The second-order valence-electron chi connectivity index (χ2n) is 3.33. The van der Waals surface area contributed by atoms with Crippen LogP contribution >= 0.6 is 11.8 Å². The molecule has 88 valence electrons. The maximum absolute atomic E-state index is 11.5. The Balaban J connectivity index is 2.30. The van der Waals surface area contributed by atoms with Crippen molar-refractivity contribution in [1.82, 2.24) is 10.3 Å². The summed E-state index contributed by atoms with van der Waals surface area (Å²) in [5.41, 5.74) is 0. The van der Waals surface area contributed by atoms with E-state index in [-0.39, 0.29) is 18.6 Å². The Morgan fingerprint density at radius 2 is 2.25 bits per heavy atom. The summed E-state index contributed by atoms with van der Waals surface area (Å²) in [6.07, 6.45) is 4.13. The van der Waals surface area contributed by atoms with Crippen LogP contribution in [0.3, 0.4) is 0 Å². The molecule has 4 nitrogen and oxygen atoms in total. The molecule has 0 aliphatic heterocycles. The number of nitrogens with zero attached hydrogens (tertiary/aromatic N) is 1. The fourth-order valence-corrected chi connectivity index (χ4v) is 1.82. The van der Waals surface area contributed by atoms with E-state index < -0.39 is 0 Å². The van der Waals surface area contributed by atoms with Gasteiger partial charge in [0.1, 0.15) is 0 Å². The van der Waals surface area contributed by atoms with E-state index in [1.165, 1.54) is 11.8 Å². The minimum Gasteiger partial charge on any atom is -0.394 e. The van der Waals surface area contributed by atoms with Crippen molar-refractivity contribution in [2.24, 2.45) is 0 Å². The second kappa shape index (κ2) is 7.24. The molecule has 1 atom stereocenters. The molecule has 0 saturated carbocycles. The molecule has 0 bridgehead atoms. The predicted octanol–water partition coefficient (Wildman–Crippen LogP) is 1.06. The van der Waals surface area contributed by atoms with Crippen LogP contribution in [0, 0.1) is 0 Å². The van der Waals surface area contributed by atoms with Gasteiger partial charge in [0, 0.05) is 17.3 Å². The Kier molecular flexibility index (Phi) is 5.88. The van der Waals surface area contributed by atoms with Crippen molar-refractivity contribution in [2.45, 2.75) is 24.3 Å². The molecule has 5 heteroatoms. The van der Waals surface area contributed by atoms with Gasteiger partial charge in [-0.3, -0.25) is 9.78 Å². The number of pyridine rings is 1. The van der Waals surface area contributed by atoms with E-state index in [2.05, 4.69) is 10.3 Å². The van der Waals surface area contributed by atoms with Crippen molar-refractivity contribution in [3.8, 4) is 0 Å². The van der Waals surface area contributed by atoms with Crippen molar-refractivity contribution < 1.29 is 9.90 Å². The topological polar surface area (TPSA) is 62.2 Å². The van der Waals surface area contributed by atoms with Crippen LogP contribution in [0.2, 0.25) is 0 Å². The fourth-order valence-electron chi connectivity index (χ4n) is 1.13. The van der Waals surface area contributed by atoms with Crippen LogP contribution in [-0.4, -0.2) is 34.4 Å². The molecule has 0 aromatic carbocycles. The van der Waals surface area contributed by atoms with Crippen LogP contribution in [0.25, 0.3) is 0 Å². The number of thioether (sulfide) groups is 1. The van der Waals surface area contributed by atoms with Crippen molar-refractivity contribution >= 4 is 17.7 Å². The lowest BCUT2D eigenvalue weighted by Gasteiger charge is -2.13. The van der Waals surface area contributed by atoms with Gasteiger partial charge >= 0.3 is 0 Å². The molecule has 0 fully saturated rings. The van der Waals surface area contributed by atoms with Gasteiger partial charge in [-0.05, 0) is 18.6 Å². The smallest absolute Gasteiger partial charge is 0.230 e. The second-order valence-corrected chi connectivity index (χ2v) is 4.38. The standard InChI is InChI=1S/C11H16N2O2S/c1-2-9(7-14)13-11(15)8-16-10-3-5-12-6-4-10/h3-6,9,14H,2,7-8H2,1H3,(H,13,15)/t9-/m1/s1. The number of hydrogen-bond donors (Lipinski definition) is 2. The number of rotatable bonds is 6. The predicted molar refractivity (Wildman–Crippen MR) is 64.3 cm³/mol. The zero-order valence-corrected chi connectivity index (χ0v) is 10.0. The van der Waals surface area contributed by atoms with Gasteiger partial charge in [-0.15, -0.1) is 11.8 Å². The van der Waals surface area contributed by atoms with E-state index in [4.69, 9.17) is 5.11 Å². The van der Waals surface area contributed by atoms with Gasteiger partial charge < -0.3 is 10.4 Å². The number of aliphatic hydroxyl groups is 1. The van der Waals surface area contributed by atoms with Crippen LogP contribution in [0.15, 0.2) is 29.4 Å². The lowest BCUT2D eigenvalue weighted by Crippen LogP contribution is -2.37. The largest absolute Gasteiger partial charge is 0.394 e. The van der Waals surface area contributed by atoms with Crippen molar-refractivity contribution in [1.29, 1.82) is 0 Å². The number of carbonyl (C=O) groups is 1. The molecular formula is C11H16N2O2S. The number of hydrogen-bond acceptors (Lipinski definition) is 4. The highest BCUT2D eigenvalue weighted by atomic mass is 32.2. The Hall–Kier alpha value is -1.07. The van der Waals surface area contributed by atoms with Gasteiger partial charge in [-0.2, -0.15) is 0 Å². The summed E-state index contributed by atoms with van der Waals surface area (Å²) in [5.74, 6) is 0.309. The van der Waals surface area contributed by atoms with Gasteiger partial charge in [0.15, 0.2) is 0 Å². The number of amides is 1. The Labute approximate surface area is 99.5 Å². The van der Waals surface area contributed by atoms with Crippen LogP contribution < -0.4 is 5.32 Å². The quantitative estimate of drug-likeness (QED) is 0.730. The number of carbonyl (C=O) groups excluding carboxylic acids is 1. The van der Waals surface area contributed by atoms with Crippen molar-refractivity contribution in [2.75, 3.05) is 12.4 Å². The first-order chi connectivity index (χ1) is 7.76. The minimum absolute atomic E-state index is 0.0117. The maximum atomic E-state index is 11.5. The molecule has 2 N–H and O–H groups in total. The van der Waals surface area contributed by atoms with E-state index in [0.29, 0.717) is 5.75 Å². The molecule has 0 unspecified atom stereocenters. The van der Waals surface area contributed by atoms with E-state index in [0.717, 1.165) is 11.3 Å². The third-order valence-corrected chi connectivity index (χ3v) is 3.11.